The fourth-order valence-electron chi connectivity index (χ4n) is 2.09. The van der Waals surface area contributed by atoms with Crippen LogP contribution in [0.25, 0.3) is 0 Å². The zero-order valence-electron chi connectivity index (χ0n) is 11.4. The molecule has 0 aromatic heterocycles. The van der Waals surface area contributed by atoms with Crippen molar-refractivity contribution in [1.82, 2.24) is 0 Å². The lowest BCUT2D eigenvalue weighted by Gasteiger charge is -2.20. The van der Waals surface area contributed by atoms with Gasteiger partial charge in [-0.3, -0.25) is 10.1 Å². The van der Waals surface area contributed by atoms with Crippen LogP contribution in [-0.2, 0) is 11.9 Å². The van der Waals surface area contributed by atoms with Crippen LogP contribution in [-0.4, -0.2) is 12.0 Å². The molecule has 2 rings (SSSR count). The summed E-state index contributed by atoms with van der Waals surface area (Å²) >= 11 is 3.26. The molecule has 0 spiro atoms. The molecule has 0 fully saturated rings. The monoisotopic (exact) mass is 352 g/mol. The third kappa shape index (κ3) is 3.78. The molecule has 0 saturated heterocycles. The Balaban J connectivity index is 2.23. The van der Waals surface area contributed by atoms with Gasteiger partial charge in [-0.05, 0) is 29.8 Å². The normalized spacial score (nSPS) is 10.4. The van der Waals surface area contributed by atoms with Crippen molar-refractivity contribution in [2.24, 2.45) is 0 Å². The predicted octanol–water partition coefficient (Wildman–Crippen LogP) is 4.27. The van der Waals surface area contributed by atoms with E-state index in [1.54, 1.807) is 18.2 Å². The van der Waals surface area contributed by atoms with Crippen molar-refractivity contribution in [3.8, 4) is 0 Å². The minimum Gasteiger partial charge on any atom is -0.370 e. The molecule has 110 valence electrons. The Bertz CT molecular complexity index is 664. The number of benzene rings is 2. The number of halogens is 2. The number of nitro groups is 1. The third-order valence-corrected chi connectivity index (χ3v) is 3.76. The second kappa shape index (κ2) is 6.67. The standard InChI is InChI=1S/C15H14BrFN2O2/c1-18(10-11-3-2-4-13(17)7-11)14-5-6-15(19(20)21)12(8-14)9-16/h2-8H,9-10H2,1H3. The van der Waals surface area contributed by atoms with E-state index < -0.39 is 4.92 Å². The van der Waals surface area contributed by atoms with Crippen LogP contribution in [0.2, 0.25) is 0 Å². The number of alkyl halides is 1. The number of rotatable bonds is 5. The van der Waals surface area contributed by atoms with E-state index in [0.717, 1.165) is 11.3 Å². The second-order valence-corrected chi connectivity index (χ2v) is 5.25. The lowest BCUT2D eigenvalue weighted by molar-refractivity contribution is -0.385. The SMILES string of the molecule is CN(Cc1cccc(F)c1)c1ccc([N+](=O)[O-])c(CBr)c1. The van der Waals surface area contributed by atoms with Crippen LogP contribution in [0.15, 0.2) is 42.5 Å². The van der Waals surface area contributed by atoms with Gasteiger partial charge in [0.05, 0.1) is 4.92 Å². The van der Waals surface area contributed by atoms with E-state index in [4.69, 9.17) is 0 Å². The Labute approximate surface area is 130 Å². The number of nitro benzene ring substituents is 1. The van der Waals surface area contributed by atoms with Gasteiger partial charge in [0.1, 0.15) is 5.82 Å². The average molecular weight is 353 g/mol. The lowest BCUT2D eigenvalue weighted by atomic mass is 10.1. The van der Waals surface area contributed by atoms with E-state index in [0.29, 0.717) is 17.4 Å². The minimum absolute atomic E-state index is 0.0924. The van der Waals surface area contributed by atoms with E-state index in [2.05, 4.69) is 15.9 Å². The lowest BCUT2D eigenvalue weighted by Crippen LogP contribution is -2.16. The number of anilines is 1. The van der Waals surface area contributed by atoms with Crippen molar-refractivity contribution in [1.29, 1.82) is 0 Å². The quantitative estimate of drug-likeness (QED) is 0.458. The molecule has 2 aromatic rings. The van der Waals surface area contributed by atoms with Crippen LogP contribution in [0.3, 0.4) is 0 Å². The Morgan fingerprint density at radius 1 is 1.29 bits per heavy atom. The number of nitrogens with zero attached hydrogens (tertiary/aromatic N) is 2. The van der Waals surface area contributed by atoms with E-state index in [-0.39, 0.29) is 11.5 Å². The molecule has 0 aliphatic rings. The molecule has 0 aliphatic carbocycles. The minimum atomic E-state index is -0.396. The van der Waals surface area contributed by atoms with E-state index >= 15 is 0 Å². The van der Waals surface area contributed by atoms with Gasteiger partial charge in [0.15, 0.2) is 0 Å². The molecule has 0 unspecified atom stereocenters. The first-order chi connectivity index (χ1) is 10.0. The van der Waals surface area contributed by atoms with Crippen LogP contribution in [0.4, 0.5) is 15.8 Å². The summed E-state index contributed by atoms with van der Waals surface area (Å²) < 4.78 is 13.2. The van der Waals surface area contributed by atoms with E-state index in [1.165, 1.54) is 18.2 Å². The highest BCUT2D eigenvalue weighted by molar-refractivity contribution is 9.08. The molecule has 21 heavy (non-hydrogen) atoms. The molecule has 0 bridgehead atoms. The Kier molecular flexibility index (Phi) is 4.90. The molecule has 0 aliphatic heterocycles. The highest BCUT2D eigenvalue weighted by Crippen LogP contribution is 2.27. The van der Waals surface area contributed by atoms with Crippen LogP contribution in [0.1, 0.15) is 11.1 Å². The molecular weight excluding hydrogens is 339 g/mol. The largest absolute Gasteiger partial charge is 0.370 e. The van der Waals surface area contributed by atoms with Gasteiger partial charge >= 0.3 is 0 Å². The summed E-state index contributed by atoms with van der Waals surface area (Å²) in [5, 5.41) is 11.3. The Hall–Kier alpha value is -1.95. The summed E-state index contributed by atoms with van der Waals surface area (Å²) in [5.74, 6) is -0.272. The van der Waals surface area contributed by atoms with Crippen molar-refractivity contribution >= 4 is 27.3 Å². The summed E-state index contributed by atoms with van der Waals surface area (Å²) in [5.41, 5.74) is 2.40. The molecule has 4 nitrogen and oxygen atoms in total. The maximum Gasteiger partial charge on any atom is 0.273 e. The molecule has 0 saturated carbocycles. The van der Waals surface area contributed by atoms with Crippen LogP contribution in [0.5, 0.6) is 0 Å². The molecule has 0 heterocycles. The van der Waals surface area contributed by atoms with Gasteiger partial charge in [-0.1, -0.05) is 28.1 Å². The fourth-order valence-corrected chi connectivity index (χ4v) is 2.54. The van der Waals surface area contributed by atoms with Crippen molar-refractivity contribution in [3.05, 3.63) is 69.5 Å². The van der Waals surface area contributed by atoms with E-state index in [1.807, 2.05) is 18.0 Å². The summed E-state index contributed by atoms with van der Waals surface area (Å²) in [6.45, 7) is 0.525. The maximum absolute atomic E-state index is 13.2. The van der Waals surface area contributed by atoms with Gasteiger partial charge in [-0.25, -0.2) is 4.39 Å². The summed E-state index contributed by atoms with van der Waals surface area (Å²) in [4.78, 5) is 12.4. The van der Waals surface area contributed by atoms with Crippen molar-refractivity contribution in [2.75, 3.05) is 11.9 Å². The second-order valence-electron chi connectivity index (χ2n) is 4.69. The van der Waals surface area contributed by atoms with Crippen molar-refractivity contribution in [3.63, 3.8) is 0 Å². The third-order valence-electron chi connectivity index (χ3n) is 3.15. The summed E-state index contributed by atoms with van der Waals surface area (Å²) in [7, 11) is 1.87. The molecule has 0 radical (unpaired) electrons. The van der Waals surface area contributed by atoms with Crippen LogP contribution >= 0.6 is 15.9 Å². The van der Waals surface area contributed by atoms with Gasteiger partial charge in [0.2, 0.25) is 0 Å². The average Bonchev–Trinajstić information content (AvgIpc) is 2.46. The molecule has 6 heteroatoms. The highest BCUT2D eigenvalue weighted by atomic mass is 79.9. The van der Waals surface area contributed by atoms with Gasteiger partial charge in [0.25, 0.3) is 5.69 Å². The summed E-state index contributed by atoms with van der Waals surface area (Å²) in [6, 6.07) is 11.4. The molecule has 2 aromatic carbocycles. The first-order valence-electron chi connectivity index (χ1n) is 6.30. The molecular formula is C15H14BrFN2O2. The Morgan fingerprint density at radius 2 is 2.05 bits per heavy atom. The first-order valence-corrected chi connectivity index (χ1v) is 7.42. The van der Waals surface area contributed by atoms with Gasteiger partial charge < -0.3 is 4.90 Å². The van der Waals surface area contributed by atoms with E-state index in [9.17, 15) is 14.5 Å². The smallest absolute Gasteiger partial charge is 0.273 e. The Morgan fingerprint density at radius 3 is 2.67 bits per heavy atom. The molecule has 0 amide bonds. The predicted molar refractivity (Wildman–Crippen MR) is 84.2 cm³/mol. The zero-order valence-corrected chi connectivity index (χ0v) is 13.0. The van der Waals surface area contributed by atoms with Crippen LogP contribution < -0.4 is 4.90 Å². The zero-order chi connectivity index (χ0) is 15.4. The number of hydrogen-bond donors (Lipinski definition) is 0. The van der Waals surface area contributed by atoms with Crippen molar-refractivity contribution < 1.29 is 9.31 Å². The molecule has 0 atom stereocenters. The van der Waals surface area contributed by atoms with Crippen LogP contribution in [0, 0.1) is 15.9 Å². The topological polar surface area (TPSA) is 46.4 Å². The number of hydrogen-bond acceptors (Lipinski definition) is 3. The fraction of sp³-hybridized carbons (Fsp3) is 0.200. The first kappa shape index (κ1) is 15.4. The van der Waals surface area contributed by atoms with Crippen molar-refractivity contribution in [2.45, 2.75) is 11.9 Å². The van der Waals surface area contributed by atoms with Gasteiger partial charge in [0, 0.05) is 36.2 Å². The van der Waals surface area contributed by atoms with Gasteiger partial charge in [-0.2, -0.15) is 0 Å². The maximum atomic E-state index is 13.2. The van der Waals surface area contributed by atoms with Gasteiger partial charge in [-0.15, -0.1) is 0 Å². The highest BCUT2D eigenvalue weighted by Gasteiger charge is 2.14. The molecule has 0 N–H and O–H groups in total. The summed E-state index contributed by atoms with van der Waals surface area (Å²) in [6.07, 6.45) is 0.